The number of ketones is 1. The molecule has 0 bridgehead atoms. The Morgan fingerprint density at radius 3 is 2.22 bits per heavy atom. The smallest absolute Gasteiger partial charge is 0.140 e. The van der Waals surface area contributed by atoms with Crippen molar-refractivity contribution < 1.29 is 9.90 Å². The zero-order valence-electron chi connectivity index (χ0n) is 10.4. The number of carbonyl (C=O) groups excluding carboxylic acids is 1. The molecule has 1 aromatic rings. The molecule has 0 heterocycles. The Balaban J connectivity index is 1.90. The van der Waals surface area contributed by atoms with Crippen molar-refractivity contribution in [2.75, 3.05) is 0 Å². The van der Waals surface area contributed by atoms with Gasteiger partial charge in [-0.25, -0.2) is 0 Å². The Hall–Kier alpha value is -0.860. The minimum atomic E-state index is 0.0496. The molecule has 0 atom stereocenters. The van der Waals surface area contributed by atoms with Crippen LogP contribution in [0.4, 0.5) is 0 Å². The van der Waals surface area contributed by atoms with E-state index in [4.69, 9.17) is 16.7 Å². The number of rotatable bonds is 4. The second-order valence-corrected chi connectivity index (χ2v) is 5.68. The predicted molar refractivity (Wildman–Crippen MR) is 72.7 cm³/mol. The van der Waals surface area contributed by atoms with Gasteiger partial charge in [0.05, 0.1) is 6.61 Å². The van der Waals surface area contributed by atoms with Crippen LogP contribution in [0.15, 0.2) is 24.3 Å². The molecule has 2 rings (SSSR count). The maximum absolute atomic E-state index is 12.1. The summed E-state index contributed by atoms with van der Waals surface area (Å²) in [5.74, 6) is 0.521. The SMILES string of the molecule is O=C(Cc1ccc(CO)cc1)C1CCC(Cl)CC1. The molecular formula is C15H19ClO2. The summed E-state index contributed by atoms with van der Waals surface area (Å²) >= 11 is 6.05. The molecule has 0 saturated heterocycles. The van der Waals surface area contributed by atoms with Gasteiger partial charge in [-0.05, 0) is 36.8 Å². The third-order valence-corrected chi connectivity index (χ3v) is 4.13. The summed E-state index contributed by atoms with van der Waals surface area (Å²) in [7, 11) is 0. The number of hydrogen-bond donors (Lipinski definition) is 1. The van der Waals surface area contributed by atoms with Gasteiger partial charge in [-0.15, -0.1) is 11.6 Å². The highest BCUT2D eigenvalue weighted by Gasteiger charge is 2.24. The molecule has 0 unspecified atom stereocenters. The first kappa shape index (κ1) is 13.6. The second kappa shape index (κ2) is 6.35. The van der Waals surface area contributed by atoms with E-state index in [1.807, 2.05) is 24.3 Å². The molecule has 1 aromatic carbocycles. The van der Waals surface area contributed by atoms with Gasteiger partial charge in [0.2, 0.25) is 0 Å². The zero-order chi connectivity index (χ0) is 13.0. The van der Waals surface area contributed by atoms with Crippen LogP contribution in [0.25, 0.3) is 0 Å². The first-order chi connectivity index (χ1) is 8.69. The lowest BCUT2D eigenvalue weighted by Gasteiger charge is -2.23. The van der Waals surface area contributed by atoms with Crippen LogP contribution in [0, 0.1) is 5.92 Å². The molecular weight excluding hydrogens is 248 g/mol. The van der Waals surface area contributed by atoms with E-state index in [0.717, 1.165) is 36.8 Å². The Labute approximate surface area is 113 Å². The summed E-state index contributed by atoms with van der Waals surface area (Å²) in [6.45, 7) is 0.0496. The predicted octanol–water partition coefficient (Wildman–Crippen LogP) is 3.09. The number of carbonyl (C=O) groups is 1. The van der Waals surface area contributed by atoms with Gasteiger partial charge in [-0.2, -0.15) is 0 Å². The molecule has 0 aromatic heterocycles. The van der Waals surface area contributed by atoms with E-state index < -0.39 is 0 Å². The maximum atomic E-state index is 12.1. The normalized spacial score (nSPS) is 23.9. The monoisotopic (exact) mass is 266 g/mol. The van der Waals surface area contributed by atoms with Crippen molar-refractivity contribution in [3.8, 4) is 0 Å². The van der Waals surface area contributed by atoms with Crippen LogP contribution >= 0.6 is 11.6 Å². The van der Waals surface area contributed by atoms with Crippen LogP contribution in [-0.4, -0.2) is 16.3 Å². The largest absolute Gasteiger partial charge is 0.392 e. The van der Waals surface area contributed by atoms with E-state index in [2.05, 4.69) is 0 Å². The highest BCUT2D eigenvalue weighted by molar-refractivity contribution is 6.20. The van der Waals surface area contributed by atoms with E-state index in [1.165, 1.54) is 0 Å². The number of aliphatic hydroxyl groups is 1. The summed E-state index contributed by atoms with van der Waals surface area (Å²) in [5, 5.41) is 9.22. The fourth-order valence-corrected chi connectivity index (χ4v) is 2.73. The van der Waals surface area contributed by atoms with Crippen LogP contribution in [0.2, 0.25) is 0 Å². The average molecular weight is 267 g/mol. The molecule has 1 N–H and O–H groups in total. The fraction of sp³-hybridized carbons (Fsp3) is 0.533. The van der Waals surface area contributed by atoms with E-state index in [0.29, 0.717) is 12.2 Å². The Morgan fingerprint density at radius 2 is 1.67 bits per heavy atom. The van der Waals surface area contributed by atoms with Gasteiger partial charge in [-0.3, -0.25) is 4.79 Å². The summed E-state index contributed by atoms with van der Waals surface area (Å²) in [6.07, 6.45) is 4.29. The lowest BCUT2D eigenvalue weighted by Crippen LogP contribution is -2.23. The molecule has 1 fully saturated rings. The van der Waals surface area contributed by atoms with Gasteiger partial charge in [0.25, 0.3) is 0 Å². The van der Waals surface area contributed by atoms with Gasteiger partial charge >= 0.3 is 0 Å². The number of halogens is 1. The summed E-state index contributed by atoms with van der Waals surface area (Å²) in [5.41, 5.74) is 1.92. The van der Waals surface area contributed by atoms with Crippen molar-refractivity contribution in [2.24, 2.45) is 5.92 Å². The maximum Gasteiger partial charge on any atom is 0.140 e. The van der Waals surface area contributed by atoms with Gasteiger partial charge in [0, 0.05) is 17.7 Å². The Morgan fingerprint density at radius 1 is 1.11 bits per heavy atom. The third kappa shape index (κ3) is 3.56. The van der Waals surface area contributed by atoms with Gasteiger partial charge in [0.15, 0.2) is 0 Å². The second-order valence-electron chi connectivity index (χ2n) is 5.07. The van der Waals surface area contributed by atoms with Crippen LogP contribution in [0.3, 0.4) is 0 Å². The molecule has 0 radical (unpaired) electrons. The topological polar surface area (TPSA) is 37.3 Å². The molecule has 1 aliphatic carbocycles. The fourth-order valence-electron chi connectivity index (χ4n) is 2.48. The molecule has 1 saturated carbocycles. The lowest BCUT2D eigenvalue weighted by atomic mass is 9.84. The van der Waals surface area contributed by atoms with Crippen LogP contribution < -0.4 is 0 Å². The van der Waals surface area contributed by atoms with E-state index in [1.54, 1.807) is 0 Å². The van der Waals surface area contributed by atoms with Crippen LogP contribution in [0.1, 0.15) is 36.8 Å². The van der Waals surface area contributed by atoms with Crippen molar-refractivity contribution in [1.29, 1.82) is 0 Å². The van der Waals surface area contributed by atoms with E-state index >= 15 is 0 Å². The molecule has 1 aliphatic rings. The van der Waals surface area contributed by atoms with E-state index in [9.17, 15) is 4.79 Å². The quantitative estimate of drug-likeness (QED) is 0.851. The molecule has 2 nitrogen and oxygen atoms in total. The highest BCUT2D eigenvalue weighted by atomic mass is 35.5. The first-order valence-electron chi connectivity index (χ1n) is 6.54. The summed E-state index contributed by atoms with van der Waals surface area (Å²) in [6, 6.07) is 7.60. The molecule has 0 spiro atoms. The lowest BCUT2D eigenvalue weighted by molar-refractivity contribution is -0.123. The molecule has 3 heteroatoms. The highest BCUT2D eigenvalue weighted by Crippen LogP contribution is 2.28. The standard InChI is InChI=1S/C15H19ClO2/c16-14-7-5-13(6-8-14)15(18)9-11-1-3-12(10-17)4-2-11/h1-4,13-14,17H,5-10H2. The van der Waals surface area contributed by atoms with Crippen molar-refractivity contribution in [1.82, 2.24) is 0 Å². The third-order valence-electron chi connectivity index (χ3n) is 3.70. The molecule has 0 amide bonds. The van der Waals surface area contributed by atoms with Crippen molar-refractivity contribution in [2.45, 2.75) is 44.1 Å². The molecule has 18 heavy (non-hydrogen) atoms. The number of Topliss-reactive ketones (excluding diaryl/α,β-unsaturated/α-hetero) is 1. The van der Waals surface area contributed by atoms with Gasteiger partial charge < -0.3 is 5.11 Å². The Kier molecular flexibility index (Phi) is 4.79. The van der Waals surface area contributed by atoms with E-state index in [-0.39, 0.29) is 17.9 Å². The first-order valence-corrected chi connectivity index (χ1v) is 6.98. The number of hydrogen-bond acceptors (Lipinski definition) is 2. The average Bonchev–Trinajstić information content (AvgIpc) is 2.40. The van der Waals surface area contributed by atoms with Crippen molar-refractivity contribution in [3.05, 3.63) is 35.4 Å². The van der Waals surface area contributed by atoms with Crippen LogP contribution in [0.5, 0.6) is 0 Å². The molecule has 0 aliphatic heterocycles. The van der Waals surface area contributed by atoms with Crippen LogP contribution in [-0.2, 0) is 17.8 Å². The van der Waals surface area contributed by atoms with Gasteiger partial charge in [-0.1, -0.05) is 24.3 Å². The van der Waals surface area contributed by atoms with Crippen molar-refractivity contribution >= 4 is 17.4 Å². The van der Waals surface area contributed by atoms with Gasteiger partial charge in [0.1, 0.15) is 5.78 Å². The summed E-state index contributed by atoms with van der Waals surface area (Å²) < 4.78 is 0. The zero-order valence-corrected chi connectivity index (χ0v) is 11.2. The minimum Gasteiger partial charge on any atom is -0.392 e. The van der Waals surface area contributed by atoms with Crippen molar-refractivity contribution in [3.63, 3.8) is 0 Å². The number of benzene rings is 1. The summed E-state index contributed by atoms with van der Waals surface area (Å²) in [4.78, 5) is 12.1. The number of aliphatic hydroxyl groups excluding tert-OH is 1. The molecule has 98 valence electrons. The minimum absolute atomic E-state index is 0.0496. The number of alkyl halides is 1. The Bertz CT molecular complexity index is 391.